The molecule has 0 atom stereocenters. The van der Waals surface area contributed by atoms with E-state index < -0.39 is 17.9 Å². The highest BCUT2D eigenvalue weighted by molar-refractivity contribution is 5.91. The van der Waals surface area contributed by atoms with E-state index in [0.717, 1.165) is 0 Å². The van der Waals surface area contributed by atoms with Crippen molar-refractivity contribution < 1.29 is 29.3 Å². The number of carboxylic acids is 2. The van der Waals surface area contributed by atoms with Crippen molar-refractivity contribution >= 4 is 11.9 Å². The molecule has 1 aromatic rings. The van der Waals surface area contributed by atoms with Crippen molar-refractivity contribution in [2.24, 2.45) is 5.92 Å². The quantitative estimate of drug-likeness (QED) is 0.563. The first-order chi connectivity index (χ1) is 8.49. The molecular weight excluding hydrogens is 240 g/mol. The Hall–Kier alpha value is -2.24. The van der Waals surface area contributed by atoms with Crippen molar-refractivity contribution in [3.63, 3.8) is 0 Å². The molecule has 0 radical (unpaired) electrons. The molecule has 6 nitrogen and oxygen atoms in total. The highest BCUT2D eigenvalue weighted by atomic mass is 16.5. The maximum absolute atomic E-state index is 10.6. The van der Waals surface area contributed by atoms with Gasteiger partial charge in [-0.15, -0.1) is 0 Å². The fourth-order valence-electron chi connectivity index (χ4n) is 1.51. The summed E-state index contributed by atoms with van der Waals surface area (Å²) in [6.07, 6.45) is -0.231. The lowest BCUT2D eigenvalue weighted by atomic mass is 9.99. The van der Waals surface area contributed by atoms with Crippen LogP contribution in [0.15, 0.2) is 18.2 Å². The summed E-state index contributed by atoms with van der Waals surface area (Å²) in [5.41, 5.74) is 0.478. The van der Waals surface area contributed by atoms with Crippen molar-refractivity contribution in [2.45, 2.75) is 6.42 Å². The number of benzene rings is 1. The van der Waals surface area contributed by atoms with Crippen LogP contribution in [-0.2, 0) is 16.0 Å². The maximum atomic E-state index is 10.6. The lowest BCUT2D eigenvalue weighted by Crippen LogP contribution is -2.44. The second-order valence-electron chi connectivity index (χ2n) is 3.58. The number of hydrogen-bond donors (Lipinski definition) is 0. The second-order valence-corrected chi connectivity index (χ2v) is 3.58. The average molecular weight is 252 g/mol. The zero-order valence-corrected chi connectivity index (χ0v) is 9.97. The molecule has 0 unspecified atom stereocenters. The molecule has 0 saturated carbocycles. The van der Waals surface area contributed by atoms with Gasteiger partial charge in [-0.25, -0.2) is 0 Å². The molecule has 0 fully saturated rings. The monoisotopic (exact) mass is 252 g/mol. The Bertz CT molecular complexity index is 440. The van der Waals surface area contributed by atoms with Gasteiger partial charge in [0.15, 0.2) is 11.5 Å². The summed E-state index contributed by atoms with van der Waals surface area (Å²) < 4.78 is 10.0. The third-order valence-electron chi connectivity index (χ3n) is 2.46. The van der Waals surface area contributed by atoms with E-state index in [1.807, 2.05) is 0 Å². The molecule has 18 heavy (non-hydrogen) atoms. The molecule has 0 heterocycles. The lowest BCUT2D eigenvalue weighted by molar-refractivity contribution is -0.331. The summed E-state index contributed by atoms with van der Waals surface area (Å²) in [4.78, 5) is 21.3. The predicted octanol–water partition coefficient (Wildman–Crippen LogP) is -1.64. The van der Waals surface area contributed by atoms with Crippen molar-refractivity contribution in [1.29, 1.82) is 0 Å². The molecule has 0 aromatic heterocycles. The Morgan fingerprint density at radius 1 is 1.11 bits per heavy atom. The van der Waals surface area contributed by atoms with E-state index in [1.54, 1.807) is 12.1 Å². The molecule has 0 saturated heterocycles. The first-order valence-corrected chi connectivity index (χ1v) is 5.12. The van der Waals surface area contributed by atoms with Crippen LogP contribution in [0.3, 0.4) is 0 Å². The zero-order chi connectivity index (χ0) is 13.7. The summed E-state index contributed by atoms with van der Waals surface area (Å²) in [5, 5.41) is 21.3. The number of aliphatic carboxylic acids is 2. The second kappa shape index (κ2) is 5.90. The third-order valence-corrected chi connectivity index (χ3v) is 2.46. The number of rotatable bonds is 6. The van der Waals surface area contributed by atoms with Gasteiger partial charge in [-0.2, -0.15) is 0 Å². The van der Waals surface area contributed by atoms with Crippen molar-refractivity contribution in [1.82, 2.24) is 0 Å². The normalized spacial score (nSPS) is 10.2. The molecule has 1 aromatic carbocycles. The third kappa shape index (κ3) is 3.13. The van der Waals surface area contributed by atoms with Gasteiger partial charge in [0.2, 0.25) is 0 Å². The van der Waals surface area contributed by atoms with Crippen LogP contribution >= 0.6 is 0 Å². The first-order valence-electron chi connectivity index (χ1n) is 5.12. The minimum atomic E-state index is -1.69. The zero-order valence-electron chi connectivity index (χ0n) is 9.97. The van der Waals surface area contributed by atoms with E-state index in [-0.39, 0.29) is 6.42 Å². The fourth-order valence-corrected chi connectivity index (χ4v) is 1.51. The number of hydrogen-bond acceptors (Lipinski definition) is 6. The summed E-state index contributed by atoms with van der Waals surface area (Å²) in [7, 11) is 2.89. The summed E-state index contributed by atoms with van der Waals surface area (Å²) in [6, 6.07) is 4.63. The molecule has 0 aliphatic carbocycles. The van der Waals surface area contributed by atoms with Crippen LogP contribution < -0.4 is 19.7 Å². The average Bonchev–Trinajstić information content (AvgIpc) is 2.34. The van der Waals surface area contributed by atoms with Gasteiger partial charge in [-0.1, -0.05) is 6.07 Å². The molecule has 0 aliphatic heterocycles. The van der Waals surface area contributed by atoms with Crippen molar-refractivity contribution in [2.75, 3.05) is 14.2 Å². The maximum Gasteiger partial charge on any atom is 0.160 e. The number of ether oxygens (including phenoxy) is 2. The van der Waals surface area contributed by atoms with E-state index in [0.29, 0.717) is 17.1 Å². The molecular formula is C12H12O6-2. The van der Waals surface area contributed by atoms with Crippen molar-refractivity contribution in [3.05, 3.63) is 23.8 Å². The van der Waals surface area contributed by atoms with E-state index in [1.165, 1.54) is 20.3 Å². The largest absolute Gasteiger partial charge is 0.549 e. The molecule has 0 N–H and O–H groups in total. The van der Waals surface area contributed by atoms with Crippen molar-refractivity contribution in [3.8, 4) is 11.5 Å². The first kappa shape index (κ1) is 13.8. The van der Waals surface area contributed by atoms with Crippen LogP contribution in [-0.4, -0.2) is 26.2 Å². The van der Waals surface area contributed by atoms with Crippen LogP contribution in [0.2, 0.25) is 0 Å². The number of carboxylic acid groups (broad SMARTS) is 2. The lowest BCUT2D eigenvalue weighted by Gasteiger charge is -2.19. The van der Waals surface area contributed by atoms with Crippen LogP contribution in [0.4, 0.5) is 0 Å². The van der Waals surface area contributed by atoms with Gasteiger partial charge in [-0.3, -0.25) is 0 Å². The van der Waals surface area contributed by atoms with Gasteiger partial charge in [-0.05, 0) is 24.1 Å². The molecule has 0 spiro atoms. The molecule has 0 aliphatic rings. The van der Waals surface area contributed by atoms with Gasteiger partial charge in [0.05, 0.1) is 26.2 Å². The van der Waals surface area contributed by atoms with Crippen LogP contribution in [0, 0.1) is 5.92 Å². The van der Waals surface area contributed by atoms with Gasteiger partial charge in [0, 0.05) is 5.92 Å². The Kier molecular flexibility index (Phi) is 4.53. The molecule has 0 amide bonds. The molecule has 1 rings (SSSR count). The van der Waals surface area contributed by atoms with E-state index in [2.05, 4.69) is 0 Å². The number of carbonyl (C=O) groups is 2. The van der Waals surface area contributed by atoms with E-state index >= 15 is 0 Å². The Morgan fingerprint density at radius 3 is 2.11 bits per heavy atom. The van der Waals surface area contributed by atoms with Crippen LogP contribution in [0.5, 0.6) is 11.5 Å². The summed E-state index contributed by atoms with van der Waals surface area (Å²) >= 11 is 0. The smallest absolute Gasteiger partial charge is 0.160 e. The summed E-state index contributed by atoms with van der Waals surface area (Å²) in [5.74, 6) is -4.18. The number of methoxy groups -OCH3 is 2. The highest BCUT2D eigenvalue weighted by Crippen LogP contribution is 2.28. The van der Waals surface area contributed by atoms with E-state index in [4.69, 9.17) is 9.47 Å². The summed E-state index contributed by atoms with van der Waals surface area (Å²) in [6.45, 7) is 0. The topological polar surface area (TPSA) is 98.7 Å². The van der Waals surface area contributed by atoms with E-state index in [9.17, 15) is 19.8 Å². The van der Waals surface area contributed by atoms with Gasteiger partial charge in [0.1, 0.15) is 0 Å². The molecule has 0 bridgehead atoms. The van der Waals surface area contributed by atoms with Crippen LogP contribution in [0.1, 0.15) is 5.56 Å². The van der Waals surface area contributed by atoms with Crippen LogP contribution in [0.25, 0.3) is 0 Å². The highest BCUT2D eigenvalue weighted by Gasteiger charge is 2.14. The Morgan fingerprint density at radius 2 is 1.67 bits per heavy atom. The van der Waals surface area contributed by atoms with Gasteiger partial charge >= 0.3 is 0 Å². The Labute approximate surface area is 104 Å². The fraction of sp³-hybridized carbons (Fsp3) is 0.333. The number of carbonyl (C=O) groups excluding carboxylic acids is 2. The molecule has 6 heteroatoms. The van der Waals surface area contributed by atoms with Gasteiger partial charge in [0.25, 0.3) is 0 Å². The molecule has 98 valence electrons. The minimum absolute atomic E-state index is 0.231. The Balaban J connectivity index is 2.97. The minimum Gasteiger partial charge on any atom is -0.549 e. The predicted molar refractivity (Wildman–Crippen MR) is 56.8 cm³/mol. The SMILES string of the molecule is COc1ccc(CC(C(=O)[O-])C(=O)[O-])cc1OC. The van der Waals surface area contributed by atoms with Gasteiger partial charge < -0.3 is 29.3 Å². The standard InChI is InChI=1S/C12H14O6/c1-17-9-4-3-7(6-10(9)18-2)5-8(11(13)14)12(15)16/h3-4,6,8H,5H2,1-2H3,(H,13,14)(H,15,16)/p-2.